The number of ether oxygens (including phenoxy) is 3. The fourth-order valence-electron chi connectivity index (χ4n) is 8.43. The maximum atomic E-state index is 6.40. The van der Waals surface area contributed by atoms with E-state index in [0.717, 1.165) is 43.8 Å². The number of hydrogen-bond donors (Lipinski definition) is 0. The van der Waals surface area contributed by atoms with Crippen LogP contribution in [0.5, 0.6) is 0 Å². The summed E-state index contributed by atoms with van der Waals surface area (Å²) >= 11 is 0. The molecular formula is C25H38O3. The fraction of sp³-hybridized carbons (Fsp3) is 0.920. The monoisotopic (exact) mass is 386 g/mol. The average molecular weight is 387 g/mol. The predicted octanol–water partition coefficient (Wildman–Crippen LogP) is 5.63. The van der Waals surface area contributed by atoms with Gasteiger partial charge in [-0.25, -0.2) is 0 Å². The molecule has 6 rings (SSSR count). The quantitative estimate of drug-likeness (QED) is 0.455. The Morgan fingerprint density at radius 1 is 1.00 bits per heavy atom. The van der Waals surface area contributed by atoms with E-state index in [0.29, 0.717) is 16.9 Å². The summed E-state index contributed by atoms with van der Waals surface area (Å²) in [6.45, 7) is 7.10. The van der Waals surface area contributed by atoms with Gasteiger partial charge in [-0.05, 0) is 93.8 Å². The van der Waals surface area contributed by atoms with Gasteiger partial charge in [-0.2, -0.15) is 0 Å². The van der Waals surface area contributed by atoms with Gasteiger partial charge in [-0.3, -0.25) is 0 Å². The van der Waals surface area contributed by atoms with Crippen molar-refractivity contribution in [2.45, 2.75) is 102 Å². The van der Waals surface area contributed by atoms with Crippen molar-refractivity contribution in [1.82, 2.24) is 0 Å². The average Bonchev–Trinajstić information content (AvgIpc) is 3.43. The lowest BCUT2D eigenvalue weighted by Gasteiger charge is -2.58. The van der Waals surface area contributed by atoms with E-state index < -0.39 is 0 Å². The van der Waals surface area contributed by atoms with E-state index in [-0.39, 0.29) is 11.9 Å². The van der Waals surface area contributed by atoms with Gasteiger partial charge in [0.1, 0.15) is 0 Å². The summed E-state index contributed by atoms with van der Waals surface area (Å²) in [6.07, 6.45) is 17.1. The zero-order chi connectivity index (χ0) is 19.0. The zero-order valence-corrected chi connectivity index (χ0v) is 17.9. The van der Waals surface area contributed by atoms with Crippen molar-refractivity contribution in [3.05, 3.63) is 11.6 Å². The zero-order valence-electron chi connectivity index (χ0n) is 17.9. The lowest BCUT2D eigenvalue weighted by Crippen LogP contribution is -2.52. The van der Waals surface area contributed by atoms with E-state index in [1.165, 1.54) is 57.8 Å². The van der Waals surface area contributed by atoms with Crippen molar-refractivity contribution in [2.75, 3.05) is 13.2 Å². The molecule has 5 fully saturated rings. The Balaban J connectivity index is 1.20. The molecule has 0 aromatic rings. The largest absolute Gasteiger partial charge is 0.369 e. The van der Waals surface area contributed by atoms with Crippen LogP contribution in [-0.4, -0.2) is 31.2 Å². The molecule has 0 radical (unpaired) electrons. The SMILES string of the molecule is C[C@]12CC[C@@H](O[C@@H]3CCCCO3)CC1=CC[C@H]1[C@H]3CC[C@@]4(CO4)[C@@]3(C)CC[C@@H]12. The smallest absolute Gasteiger partial charge is 0.157 e. The van der Waals surface area contributed by atoms with Crippen molar-refractivity contribution < 1.29 is 14.2 Å². The van der Waals surface area contributed by atoms with Gasteiger partial charge in [0.25, 0.3) is 0 Å². The van der Waals surface area contributed by atoms with Crippen molar-refractivity contribution in [3.8, 4) is 0 Å². The molecule has 6 aliphatic rings. The van der Waals surface area contributed by atoms with Crippen LogP contribution in [0.2, 0.25) is 0 Å². The molecular weight excluding hydrogens is 348 g/mol. The van der Waals surface area contributed by atoms with Crippen molar-refractivity contribution in [1.29, 1.82) is 0 Å². The predicted molar refractivity (Wildman–Crippen MR) is 109 cm³/mol. The molecule has 2 heterocycles. The second-order valence-corrected chi connectivity index (χ2v) is 11.3. The van der Waals surface area contributed by atoms with E-state index in [1.54, 1.807) is 5.57 Å². The van der Waals surface area contributed by atoms with E-state index >= 15 is 0 Å². The first-order chi connectivity index (χ1) is 13.5. The standard InChI is InChI=1S/C25H38O3/c1-23-11-8-18(28-22-5-3-4-14-26-22)15-17(23)6-7-19-20(23)9-12-24(2)21(19)10-13-25(24)16-27-25/h6,18-22H,3-5,7-16H2,1-2H3/t18-,19-,20+,21-,22-,23+,24+,25-/m1/s1. The molecule has 156 valence electrons. The van der Waals surface area contributed by atoms with E-state index in [9.17, 15) is 0 Å². The van der Waals surface area contributed by atoms with Crippen molar-refractivity contribution >= 4 is 0 Å². The number of allylic oxidation sites excluding steroid dienone is 1. The highest BCUT2D eigenvalue weighted by atomic mass is 16.7. The summed E-state index contributed by atoms with van der Waals surface area (Å²) in [6, 6.07) is 0. The summed E-state index contributed by atoms with van der Waals surface area (Å²) in [4.78, 5) is 0. The first-order valence-electron chi connectivity index (χ1n) is 12.1. The van der Waals surface area contributed by atoms with Crippen LogP contribution in [0.1, 0.15) is 84.5 Å². The Labute approximate surface area is 170 Å². The summed E-state index contributed by atoms with van der Waals surface area (Å²) in [5.74, 6) is 2.65. The van der Waals surface area contributed by atoms with Crippen LogP contribution in [0.3, 0.4) is 0 Å². The summed E-state index contributed by atoms with van der Waals surface area (Å²) in [5, 5.41) is 0. The third-order valence-corrected chi connectivity index (χ3v) is 10.3. The van der Waals surface area contributed by atoms with Crippen LogP contribution in [-0.2, 0) is 14.2 Å². The molecule has 4 aliphatic carbocycles. The second kappa shape index (κ2) is 6.31. The van der Waals surface area contributed by atoms with Gasteiger partial charge in [0, 0.05) is 12.0 Å². The van der Waals surface area contributed by atoms with Crippen molar-refractivity contribution in [3.63, 3.8) is 0 Å². The number of hydrogen-bond acceptors (Lipinski definition) is 3. The molecule has 8 atom stereocenters. The Morgan fingerprint density at radius 2 is 1.86 bits per heavy atom. The van der Waals surface area contributed by atoms with Gasteiger partial charge >= 0.3 is 0 Å². The maximum absolute atomic E-state index is 6.40. The van der Waals surface area contributed by atoms with Gasteiger partial charge in [-0.1, -0.05) is 25.5 Å². The Hall–Kier alpha value is -0.380. The molecule has 0 amide bonds. The fourth-order valence-corrected chi connectivity index (χ4v) is 8.43. The highest BCUT2D eigenvalue weighted by Crippen LogP contribution is 2.70. The van der Waals surface area contributed by atoms with Gasteiger partial charge < -0.3 is 14.2 Å². The number of fused-ring (bicyclic) bond motifs is 6. The minimum Gasteiger partial charge on any atom is -0.369 e. The Morgan fingerprint density at radius 3 is 2.64 bits per heavy atom. The van der Waals surface area contributed by atoms with Crippen LogP contribution in [0, 0.1) is 28.6 Å². The molecule has 2 saturated heterocycles. The molecule has 3 saturated carbocycles. The van der Waals surface area contributed by atoms with Crippen LogP contribution in [0.25, 0.3) is 0 Å². The van der Waals surface area contributed by atoms with Gasteiger partial charge in [0.05, 0.1) is 18.3 Å². The molecule has 0 aromatic heterocycles. The lowest BCUT2D eigenvalue weighted by molar-refractivity contribution is -0.195. The van der Waals surface area contributed by atoms with E-state index in [2.05, 4.69) is 19.9 Å². The molecule has 3 nitrogen and oxygen atoms in total. The Bertz CT molecular complexity index is 661. The molecule has 0 bridgehead atoms. The minimum absolute atomic E-state index is 0.0589. The summed E-state index contributed by atoms with van der Waals surface area (Å²) in [7, 11) is 0. The van der Waals surface area contributed by atoms with Gasteiger partial charge in [0.2, 0.25) is 0 Å². The molecule has 3 heteroatoms. The Kier molecular flexibility index (Phi) is 4.15. The highest BCUT2D eigenvalue weighted by Gasteiger charge is 2.69. The molecule has 0 unspecified atom stereocenters. The van der Waals surface area contributed by atoms with E-state index in [4.69, 9.17) is 14.2 Å². The summed E-state index contributed by atoms with van der Waals surface area (Å²) in [5.41, 5.74) is 2.87. The van der Waals surface area contributed by atoms with Crippen molar-refractivity contribution in [2.24, 2.45) is 28.6 Å². The van der Waals surface area contributed by atoms with Gasteiger partial charge in [0.15, 0.2) is 6.29 Å². The van der Waals surface area contributed by atoms with Gasteiger partial charge in [-0.15, -0.1) is 0 Å². The molecule has 1 spiro atoms. The normalized spacial score (nSPS) is 55.2. The highest BCUT2D eigenvalue weighted by molar-refractivity contribution is 5.27. The van der Waals surface area contributed by atoms with Crippen LogP contribution >= 0.6 is 0 Å². The summed E-state index contributed by atoms with van der Waals surface area (Å²) < 4.78 is 18.3. The topological polar surface area (TPSA) is 31.0 Å². The maximum Gasteiger partial charge on any atom is 0.157 e. The molecule has 2 aliphatic heterocycles. The van der Waals surface area contributed by atoms with Crippen LogP contribution in [0.4, 0.5) is 0 Å². The number of epoxide rings is 1. The molecule has 28 heavy (non-hydrogen) atoms. The third kappa shape index (κ3) is 2.51. The lowest BCUT2D eigenvalue weighted by atomic mass is 9.47. The molecule has 0 aromatic carbocycles. The van der Waals surface area contributed by atoms with Crippen LogP contribution in [0.15, 0.2) is 11.6 Å². The first kappa shape index (κ1) is 18.4. The van der Waals surface area contributed by atoms with Crippen LogP contribution < -0.4 is 0 Å². The first-order valence-corrected chi connectivity index (χ1v) is 12.1. The third-order valence-electron chi connectivity index (χ3n) is 10.3. The second-order valence-electron chi connectivity index (χ2n) is 11.3. The van der Waals surface area contributed by atoms with E-state index in [1.807, 2.05) is 0 Å². The number of rotatable bonds is 2. The molecule has 0 N–H and O–H groups in total. The minimum atomic E-state index is 0.0589.